The molecule has 1 aromatic heterocycles. The Labute approximate surface area is 93.1 Å². The van der Waals surface area contributed by atoms with Crippen LogP contribution in [0.15, 0.2) is 18.2 Å². The normalized spacial score (nSPS) is 15.5. The fourth-order valence-corrected chi connectivity index (χ4v) is 1.62. The zero-order chi connectivity index (χ0) is 11.0. The van der Waals surface area contributed by atoms with E-state index in [9.17, 15) is 5.11 Å². The Morgan fingerprint density at radius 3 is 2.80 bits per heavy atom. The lowest BCUT2D eigenvalue weighted by molar-refractivity contribution is 0.166. The highest BCUT2D eigenvalue weighted by Gasteiger charge is 2.15. The van der Waals surface area contributed by atoms with Gasteiger partial charge in [-0.05, 0) is 25.1 Å². The van der Waals surface area contributed by atoms with E-state index < -0.39 is 6.10 Å². The van der Waals surface area contributed by atoms with Gasteiger partial charge in [0.05, 0.1) is 17.1 Å². The van der Waals surface area contributed by atoms with Crippen LogP contribution in [-0.2, 0) is 0 Å². The number of nitrogens with one attached hydrogen (secondary N) is 1. The smallest absolute Gasteiger partial charge is 0.112 e. The van der Waals surface area contributed by atoms with Crippen molar-refractivity contribution in [1.82, 2.24) is 9.97 Å². The van der Waals surface area contributed by atoms with Gasteiger partial charge < -0.3 is 10.1 Å². The first-order valence-electron chi connectivity index (χ1n) is 4.91. The highest BCUT2D eigenvalue weighted by Crippen LogP contribution is 2.22. The number of nitrogens with zero attached hydrogens (tertiary/aromatic N) is 1. The van der Waals surface area contributed by atoms with Gasteiger partial charge >= 0.3 is 0 Å². The number of benzene rings is 1. The molecule has 0 fully saturated rings. The molecule has 0 spiro atoms. The van der Waals surface area contributed by atoms with Crippen LogP contribution < -0.4 is 0 Å². The van der Waals surface area contributed by atoms with Crippen LogP contribution in [0.2, 0.25) is 5.02 Å². The molecule has 0 aliphatic heterocycles. The van der Waals surface area contributed by atoms with Crippen molar-refractivity contribution >= 4 is 22.6 Å². The zero-order valence-corrected chi connectivity index (χ0v) is 9.42. The number of fused-ring (bicyclic) bond motifs is 1. The van der Waals surface area contributed by atoms with Gasteiger partial charge in [0.25, 0.3) is 0 Å². The molecule has 2 aromatic rings. The van der Waals surface area contributed by atoms with Crippen molar-refractivity contribution in [3.8, 4) is 0 Å². The SMILES string of the molecule is CC(O)[C@H](C)c1nc2ccc(Cl)cc2[nH]1. The third-order valence-corrected chi connectivity index (χ3v) is 2.85. The van der Waals surface area contributed by atoms with Gasteiger partial charge in [0.15, 0.2) is 0 Å². The fourth-order valence-electron chi connectivity index (χ4n) is 1.45. The summed E-state index contributed by atoms with van der Waals surface area (Å²) in [5.41, 5.74) is 1.78. The van der Waals surface area contributed by atoms with E-state index in [-0.39, 0.29) is 5.92 Å². The molecule has 2 N–H and O–H groups in total. The number of imidazole rings is 1. The van der Waals surface area contributed by atoms with Gasteiger partial charge in [-0.25, -0.2) is 4.98 Å². The summed E-state index contributed by atoms with van der Waals surface area (Å²) in [7, 11) is 0. The summed E-state index contributed by atoms with van der Waals surface area (Å²) < 4.78 is 0. The highest BCUT2D eigenvalue weighted by molar-refractivity contribution is 6.31. The standard InChI is InChI=1S/C11H13ClN2O/c1-6(7(2)15)11-13-9-4-3-8(12)5-10(9)14-11/h3-7,15H,1-2H3,(H,13,14)/t6-,7?/m0/s1. The van der Waals surface area contributed by atoms with Gasteiger partial charge in [-0.3, -0.25) is 0 Å². The Bertz CT molecular complexity index is 478. The van der Waals surface area contributed by atoms with Crippen molar-refractivity contribution in [1.29, 1.82) is 0 Å². The number of aromatic nitrogens is 2. The zero-order valence-electron chi connectivity index (χ0n) is 8.66. The topological polar surface area (TPSA) is 48.9 Å². The summed E-state index contributed by atoms with van der Waals surface area (Å²) in [6, 6.07) is 5.51. The number of rotatable bonds is 2. The maximum absolute atomic E-state index is 9.47. The minimum Gasteiger partial charge on any atom is -0.393 e. The van der Waals surface area contributed by atoms with Gasteiger partial charge in [0.2, 0.25) is 0 Å². The largest absolute Gasteiger partial charge is 0.393 e. The number of halogens is 1. The Morgan fingerprint density at radius 2 is 2.13 bits per heavy atom. The molecule has 4 heteroatoms. The second-order valence-electron chi connectivity index (χ2n) is 3.81. The minimum atomic E-state index is -0.416. The Kier molecular flexibility index (Phi) is 2.67. The molecule has 0 bridgehead atoms. The van der Waals surface area contributed by atoms with E-state index in [1.807, 2.05) is 25.1 Å². The summed E-state index contributed by atoms with van der Waals surface area (Å²) in [5, 5.41) is 10.2. The van der Waals surface area contributed by atoms with Gasteiger partial charge in [-0.1, -0.05) is 18.5 Å². The van der Waals surface area contributed by atoms with Crippen LogP contribution in [0.25, 0.3) is 11.0 Å². The Balaban J connectivity index is 2.47. The number of aliphatic hydroxyl groups excluding tert-OH is 1. The van der Waals surface area contributed by atoms with E-state index >= 15 is 0 Å². The first-order valence-corrected chi connectivity index (χ1v) is 5.29. The predicted molar refractivity (Wildman–Crippen MR) is 61.2 cm³/mol. The van der Waals surface area contributed by atoms with Gasteiger partial charge in [0, 0.05) is 10.9 Å². The van der Waals surface area contributed by atoms with Crippen LogP contribution in [0.3, 0.4) is 0 Å². The number of hydrogen-bond donors (Lipinski definition) is 2. The summed E-state index contributed by atoms with van der Waals surface area (Å²) in [5.74, 6) is 0.790. The molecule has 1 aromatic carbocycles. The van der Waals surface area contributed by atoms with Crippen LogP contribution in [0.5, 0.6) is 0 Å². The van der Waals surface area contributed by atoms with Crippen molar-refractivity contribution in [2.24, 2.45) is 0 Å². The maximum atomic E-state index is 9.47. The minimum absolute atomic E-state index is 0.00354. The van der Waals surface area contributed by atoms with E-state index in [0.717, 1.165) is 16.9 Å². The average Bonchev–Trinajstić information content (AvgIpc) is 2.58. The predicted octanol–water partition coefficient (Wildman–Crippen LogP) is 2.70. The summed E-state index contributed by atoms with van der Waals surface area (Å²) in [6.45, 7) is 3.69. The summed E-state index contributed by atoms with van der Waals surface area (Å²) in [6.07, 6.45) is -0.416. The van der Waals surface area contributed by atoms with Crippen LogP contribution in [-0.4, -0.2) is 21.2 Å². The lowest BCUT2D eigenvalue weighted by Crippen LogP contribution is -2.12. The number of aliphatic hydroxyl groups is 1. The van der Waals surface area contributed by atoms with Gasteiger partial charge in [0.1, 0.15) is 5.82 Å². The van der Waals surface area contributed by atoms with Crippen LogP contribution in [0.1, 0.15) is 25.6 Å². The molecule has 0 aliphatic carbocycles. The third-order valence-electron chi connectivity index (χ3n) is 2.62. The van der Waals surface area contributed by atoms with E-state index in [1.54, 1.807) is 6.92 Å². The summed E-state index contributed by atoms with van der Waals surface area (Å²) >= 11 is 5.87. The number of H-pyrrole nitrogens is 1. The Morgan fingerprint density at radius 1 is 1.40 bits per heavy atom. The molecule has 1 unspecified atom stereocenters. The lowest BCUT2D eigenvalue weighted by Gasteiger charge is -2.10. The molecular formula is C11H13ClN2O. The molecule has 80 valence electrons. The first-order chi connectivity index (χ1) is 7.08. The van der Waals surface area contributed by atoms with E-state index in [2.05, 4.69) is 9.97 Å². The molecule has 3 nitrogen and oxygen atoms in total. The van der Waals surface area contributed by atoms with Crippen LogP contribution >= 0.6 is 11.6 Å². The van der Waals surface area contributed by atoms with Crippen LogP contribution in [0, 0.1) is 0 Å². The van der Waals surface area contributed by atoms with Gasteiger partial charge in [-0.15, -0.1) is 0 Å². The molecule has 0 saturated heterocycles. The molecule has 0 amide bonds. The molecule has 0 saturated carbocycles. The van der Waals surface area contributed by atoms with Crippen molar-refractivity contribution in [3.05, 3.63) is 29.0 Å². The van der Waals surface area contributed by atoms with Crippen molar-refractivity contribution in [3.63, 3.8) is 0 Å². The molecule has 2 atom stereocenters. The molecule has 0 aliphatic rings. The number of hydrogen-bond acceptors (Lipinski definition) is 2. The molecule has 0 radical (unpaired) electrons. The quantitative estimate of drug-likeness (QED) is 0.824. The monoisotopic (exact) mass is 224 g/mol. The van der Waals surface area contributed by atoms with Gasteiger partial charge in [-0.2, -0.15) is 0 Å². The lowest BCUT2D eigenvalue weighted by atomic mass is 10.1. The van der Waals surface area contributed by atoms with E-state index in [4.69, 9.17) is 11.6 Å². The third kappa shape index (κ3) is 1.98. The summed E-state index contributed by atoms with van der Waals surface area (Å²) in [4.78, 5) is 7.56. The molecule has 15 heavy (non-hydrogen) atoms. The van der Waals surface area contributed by atoms with E-state index in [1.165, 1.54) is 0 Å². The van der Waals surface area contributed by atoms with Crippen molar-refractivity contribution in [2.75, 3.05) is 0 Å². The molecule has 2 rings (SSSR count). The Hall–Kier alpha value is -1.06. The van der Waals surface area contributed by atoms with Crippen molar-refractivity contribution < 1.29 is 5.11 Å². The maximum Gasteiger partial charge on any atom is 0.112 e. The highest BCUT2D eigenvalue weighted by atomic mass is 35.5. The van der Waals surface area contributed by atoms with E-state index in [0.29, 0.717) is 5.02 Å². The van der Waals surface area contributed by atoms with Crippen LogP contribution in [0.4, 0.5) is 0 Å². The number of aromatic amines is 1. The molecular weight excluding hydrogens is 212 g/mol. The second-order valence-corrected chi connectivity index (χ2v) is 4.25. The van der Waals surface area contributed by atoms with Crippen molar-refractivity contribution in [2.45, 2.75) is 25.9 Å². The average molecular weight is 225 g/mol. The first kappa shape index (κ1) is 10.5. The molecule has 1 heterocycles. The second kappa shape index (κ2) is 3.83. The fraction of sp³-hybridized carbons (Fsp3) is 0.364.